The Kier molecular flexibility index (Phi) is 2.61. The first kappa shape index (κ1) is 11.3. The Morgan fingerprint density at radius 1 is 1.69 bits per heavy atom. The molecule has 0 aromatic heterocycles. The molecule has 1 heterocycles. The Bertz CT molecular complexity index is 328. The first-order valence-corrected chi connectivity index (χ1v) is 4.99. The molecule has 16 heavy (non-hydrogen) atoms. The van der Waals surface area contributed by atoms with Crippen LogP contribution in [0.25, 0.3) is 0 Å². The van der Waals surface area contributed by atoms with E-state index in [9.17, 15) is 14.7 Å². The minimum Gasteiger partial charge on any atom is -0.374 e. The summed E-state index contributed by atoms with van der Waals surface area (Å²) in [6, 6.07) is 0. The Balaban J connectivity index is 2.02. The second-order valence-electron chi connectivity index (χ2n) is 4.04. The monoisotopic (exact) mass is 230 g/mol. The van der Waals surface area contributed by atoms with Gasteiger partial charge in [0.2, 0.25) is 5.91 Å². The van der Waals surface area contributed by atoms with Crippen molar-refractivity contribution >= 4 is 11.9 Å². The van der Waals surface area contributed by atoms with E-state index >= 15 is 0 Å². The van der Waals surface area contributed by atoms with Crippen LogP contribution in [0.2, 0.25) is 0 Å². The molecule has 0 radical (unpaired) electrons. The largest absolute Gasteiger partial charge is 0.374 e. The number of rotatable bonds is 3. The highest BCUT2D eigenvalue weighted by Gasteiger charge is 2.51. The van der Waals surface area contributed by atoms with Crippen LogP contribution in [0.15, 0.2) is 0 Å². The number of nitrogens with zero attached hydrogens (tertiary/aromatic N) is 1. The number of hydroxylamine groups is 2. The third kappa shape index (κ3) is 1.77. The van der Waals surface area contributed by atoms with Gasteiger partial charge in [-0.25, -0.2) is 4.79 Å². The van der Waals surface area contributed by atoms with Gasteiger partial charge < -0.3 is 20.0 Å². The van der Waals surface area contributed by atoms with E-state index in [-0.39, 0.29) is 0 Å². The number of aliphatic hydroxyl groups is 1. The summed E-state index contributed by atoms with van der Waals surface area (Å²) in [7, 11) is 2.88. The van der Waals surface area contributed by atoms with Gasteiger partial charge in [0, 0.05) is 14.2 Å². The predicted molar refractivity (Wildman–Crippen MR) is 50.5 cm³/mol. The van der Waals surface area contributed by atoms with Gasteiger partial charge in [0.15, 0.2) is 12.1 Å². The number of carbonyl (C=O) groups excluding carboxylic acids is 2. The summed E-state index contributed by atoms with van der Waals surface area (Å²) in [5, 5.41) is 13.1. The van der Waals surface area contributed by atoms with Gasteiger partial charge >= 0.3 is 5.97 Å². The molecular weight excluding hydrogens is 216 g/mol. The normalized spacial score (nSPS) is 32.3. The number of methoxy groups -OCH3 is 1. The van der Waals surface area contributed by atoms with E-state index in [2.05, 4.69) is 10.2 Å². The smallest absolute Gasteiger partial charge is 0.341 e. The number of ether oxygens (including phenoxy) is 1. The first-order valence-electron chi connectivity index (χ1n) is 4.99. The summed E-state index contributed by atoms with van der Waals surface area (Å²) in [6.45, 7) is 0. The van der Waals surface area contributed by atoms with Crippen molar-refractivity contribution in [3.8, 4) is 0 Å². The first-order chi connectivity index (χ1) is 7.49. The van der Waals surface area contributed by atoms with Gasteiger partial charge in [-0.1, -0.05) is 0 Å². The van der Waals surface area contributed by atoms with Crippen molar-refractivity contribution in [2.45, 2.75) is 24.8 Å². The number of nitrogens with one attached hydrogen (secondary N) is 1. The van der Waals surface area contributed by atoms with Crippen molar-refractivity contribution in [3.63, 3.8) is 0 Å². The van der Waals surface area contributed by atoms with Crippen molar-refractivity contribution in [3.05, 3.63) is 0 Å². The fourth-order valence-corrected chi connectivity index (χ4v) is 1.62. The molecule has 1 aliphatic carbocycles. The Labute approximate surface area is 92.3 Å². The van der Waals surface area contributed by atoms with Crippen LogP contribution >= 0.6 is 0 Å². The maximum Gasteiger partial charge on any atom is 0.341 e. The minimum absolute atomic E-state index is 0.568. The number of aliphatic hydroxyl groups excluding tert-OH is 1. The van der Waals surface area contributed by atoms with Crippen LogP contribution in [0, 0.1) is 5.92 Å². The van der Waals surface area contributed by atoms with Gasteiger partial charge in [0.1, 0.15) is 5.72 Å². The lowest BCUT2D eigenvalue weighted by Gasteiger charge is -2.18. The lowest BCUT2D eigenvalue weighted by atomic mass is 10.1. The van der Waals surface area contributed by atoms with Crippen LogP contribution in [0.5, 0.6) is 0 Å². The van der Waals surface area contributed by atoms with Crippen LogP contribution in [-0.2, 0) is 19.2 Å². The van der Waals surface area contributed by atoms with Crippen molar-refractivity contribution in [2.24, 2.45) is 5.92 Å². The lowest BCUT2D eigenvalue weighted by molar-refractivity contribution is -0.183. The number of carbonyl (C=O) groups is 2. The van der Waals surface area contributed by atoms with Crippen molar-refractivity contribution in [1.82, 2.24) is 10.4 Å². The van der Waals surface area contributed by atoms with Gasteiger partial charge in [-0.3, -0.25) is 4.79 Å². The van der Waals surface area contributed by atoms with Crippen LogP contribution in [-0.4, -0.2) is 48.2 Å². The van der Waals surface area contributed by atoms with Gasteiger partial charge in [-0.2, -0.15) is 0 Å². The molecule has 1 aliphatic heterocycles. The van der Waals surface area contributed by atoms with Crippen LogP contribution in [0.3, 0.4) is 0 Å². The van der Waals surface area contributed by atoms with Crippen molar-refractivity contribution < 1.29 is 24.3 Å². The van der Waals surface area contributed by atoms with Gasteiger partial charge in [0.25, 0.3) is 0 Å². The number of hydrogen-bond acceptors (Lipinski definition) is 6. The van der Waals surface area contributed by atoms with Crippen molar-refractivity contribution in [2.75, 3.05) is 14.2 Å². The van der Waals surface area contributed by atoms with Gasteiger partial charge in [-0.05, 0) is 12.8 Å². The second kappa shape index (κ2) is 3.69. The maximum atomic E-state index is 11.7. The van der Waals surface area contributed by atoms with E-state index in [1.807, 2.05) is 0 Å². The molecule has 7 heteroatoms. The average Bonchev–Trinajstić information content (AvgIpc) is 2.92. The summed E-state index contributed by atoms with van der Waals surface area (Å²) < 4.78 is 5.10. The third-order valence-electron chi connectivity index (χ3n) is 2.89. The Morgan fingerprint density at radius 2 is 2.31 bits per heavy atom. The van der Waals surface area contributed by atoms with E-state index in [1.54, 1.807) is 0 Å². The molecule has 1 amide bonds. The van der Waals surface area contributed by atoms with Crippen LogP contribution < -0.4 is 5.32 Å². The molecule has 2 unspecified atom stereocenters. The highest BCUT2D eigenvalue weighted by Crippen LogP contribution is 2.36. The zero-order chi connectivity index (χ0) is 11.9. The van der Waals surface area contributed by atoms with E-state index in [1.165, 1.54) is 14.2 Å². The standard InChI is InChI=1S/C9H14N2O5/c1-11-7(13)5(8(14)16-11)6(12)10-9(15-2)3-4-9/h5,7,13H,3-4H2,1-2H3,(H,10,12). The molecule has 2 aliphatic rings. The molecule has 2 rings (SSSR count). The quantitative estimate of drug-likeness (QED) is 0.457. The molecule has 0 aromatic rings. The summed E-state index contributed by atoms with van der Waals surface area (Å²) in [4.78, 5) is 27.7. The van der Waals surface area contributed by atoms with Gasteiger partial charge in [-0.15, -0.1) is 5.06 Å². The van der Waals surface area contributed by atoms with Crippen LogP contribution in [0.4, 0.5) is 0 Å². The number of hydrogen-bond donors (Lipinski definition) is 2. The molecule has 90 valence electrons. The predicted octanol–water partition coefficient (Wildman–Crippen LogP) is -1.42. The van der Waals surface area contributed by atoms with E-state index in [0.29, 0.717) is 12.8 Å². The molecule has 2 N–H and O–H groups in total. The van der Waals surface area contributed by atoms with Crippen molar-refractivity contribution in [1.29, 1.82) is 0 Å². The molecule has 0 aromatic carbocycles. The average molecular weight is 230 g/mol. The minimum atomic E-state index is -1.25. The molecular formula is C9H14N2O5. The zero-order valence-corrected chi connectivity index (χ0v) is 9.10. The molecule has 2 fully saturated rings. The third-order valence-corrected chi connectivity index (χ3v) is 2.89. The Hall–Kier alpha value is -1.18. The molecule has 2 atom stereocenters. The highest BCUT2D eigenvalue weighted by atomic mass is 16.7. The summed E-state index contributed by atoms with van der Waals surface area (Å²) in [5.74, 6) is -2.53. The maximum absolute atomic E-state index is 11.7. The molecule has 0 spiro atoms. The molecule has 1 saturated carbocycles. The topological polar surface area (TPSA) is 88.1 Å². The number of amides is 1. The SMILES string of the molecule is COC1(NC(=O)C2C(=O)ON(C)C2O)CC1. The second-order valence-corrected chi connectivity index (χ2v) is 4.04. The molecule has 1 saturated heterocycles. The molecule has 0 bridgehead atoms. The lowest BCUT2D eigenvalue weighted by Crippen LogP contribution is -2.46. The molecule has 7 nitrogen and oxygen atoms in total. The summed E-state index contributed by atoms with van der Waals surface area (Å²) in [6.07, 6.45) is 0.173. The fraction of sp³-hybridized carbons (Fsp3) is 0.778. The van der Waals surface area contributed by atoms with Gasteiger partial charge in [0.05, 0.1) is 0 Å². The Morgan fingerprint density at radius 3 is 2.69 bits per heavy atom. The van der Waals surface area contributed by atoms with E-state index in [4.69, 9.17) is 4.74 Å². The highest BCUT2D eigenvalue weighted by molar-refractivity contribution is 5.99. The van der Waals surface area contributed by atoms with Crippen LogP contribution in [0.1, 0.15) is 12.8 Å². The summed E-state index contributed by atoms with van der Waals surface area (Å²) >= 11 is 0. The van der Waals surface area contributed by atoms with E-state index in [0.717, 1.165) is 5.06 Å². The fourth-order valence-electron chi connectivity index (χ4n) is 1.62. The zero-order valence-electron chi connectivity index (χ0n) is 9.10. The summed E-state index contributed by atoms with van der Waals surface area (Å²) in [5.41, 5.74) is -0.655. The van der Waals surface area contributed by atoms with E-state index < -0.39 is 29.7 Å².